The molecule has 4 fully saturated rings. The molecular formula is C35H54N4O10. The van der Waals surface area contributed by atoms with E-state index in [9.17, 15) is 29.4 Å². The normalized spacial score (nSPS) is 27.5. The fourth-order valence-electron chi connectivity index (χ4n) is 6.81. The monoisotopic (exact) mass is 690 g/mol. The van der Waals surface area contributed by atoms with E-state index in [-0.39, 0.29) is 17.9 Å². The Morgan fingerprint density at radius 1 is 0.776 bits per heavy atom. The van der Waals surface area contributed by atoms with Crippen LogP contribution in [0.2, 0.25) is 0 Å². The highest BCUT2D eigenvalue weighted by atomic mass is 16.6. The standard InChI is InChI=1S/C21H30N2O5.C14H24N2O5/c1-21(2,3)28-20(26)23-13-16-12-22(11-15-7-5-4-6-8-15)9-10-27-19(16)18(23)17(25)14-24;1-14(2,3)21-13(19)16-7-9-6-15-4-5-20-12(9)11(16)10(18)8-17/h4-8,16,18-19,24H,9-14H2,1-3H3;9,11-12,15,17H,4-8H2,1-3H3/t16-,18+,19+;9-,11+,12+/m00/s1. The summed E-state index contributed by atoms with van der Waals surface area (Å²) in [5.41, 5.74) is -0.0755. The number of carbonyl (C=O) groups excluding carboxylic acids is 4. The Morgan fingerprint density at radius 2 is 1.29 bits per heavy atom. The summed E-state index contributed by atoms with van der Waals surface area (Å²) in [7, 11) is 0. The molecule has 49 heavy (non-hydrogen) atoms. The summed E-state index contributed by atoms with van der Waals surface area (Å²) in [5, 5.41) is 21.9. The van der Waals surface area contributed by atoms with Crippen LogP contribution in [-0.4, -0.2) is 150 Å². The first kappa shape index (κ1) is 38.7. The van der Waals surface area contributed by atoms with E-state index in [4.69, 9.17) is 18.9 Å². The average molecular weight is 691 g/mol. The number of fused-ring (bicyclic) bond motifs is 2. The predicted octanol–water partition coefficient (Wildman–Crippen LogP) is 1.46. The maximum atomic E-state index is 12.7. The van der Waals surface area contributed by atoms with Gasteiger partial charge in [0.15, 0.2) is 11.6 Å². The van der Waals surface area contributed by atoms with Gasteiger partial charge in [-0.15, -0.1) is 0 Å². The largest absolute Gasteiger partial charge is 0.444 e. The van der Waals surface area contributed by atoms with Gasteiger partial charge in [0, 0.05) is 57.6 Å². The SMILES string of the molecule is CC(C)(C)OC(=O)N1C[C@@H]2CN(Cc3ccccc3)CCO[C@H]2[C@H]1C(=O)CO.CC(C)(C)OC(=O)N1C[C@@H]2CNCCO[C@H]2[C@H]1C(=O)CO. The maximum absolute atomic E-state index is 12.7. The number of hydrogen-bond donors (Lipinski definition) is 3. The van der Waals surface area contributed by atoms with Gasteiger partial charge in [-0.3, -0.25) is 24.3 Å². The van der Waals surface area contributed by atoms with Gasteiger partial charge in [-0.05, 0) is 47.1 Å². The lowest BCUT2D eigenvalue weighted by Gasteiger charge is -2.29. The Balaban J connectivity index is 0.000000230. The van der Waals surface area contributed by atoms with Crippen LogP contribution in [0.25, 0.3) is 0 Å². The summed E-state index contributed by atoms with van der Waals surface area (Å²) >= 11 is 0. The van der Waals surface area contributed by atoms with Gasteiger partial charge in [-0.2, -0.15) is 0 Å². The van der Waals surface area contributed by atoms with Gasteiger partial charge < -0.3 is 34.5 Å². The minimum Gasteiger partial charge on any atom is -0.444 e. The van der Waals surface area contributed by atoms with Crippen LogP contribution >= 0.6 is 0 Å². The number of ether oxygens (including phenoxy) is 4. The Bertz CT molecular complexity index is 1280. The molecule has 4 aliphatic rings. The van der Waals surface area contributed by atoms with Gasteiger partial charge in [0.1, 0.15) is 36.5 Å². The van der Waals surface area contributed by atoms with Gasteiger partial charge in [-0.25, -0.2) is 9.59 Å². The molecular weight excluding hydrogens is 636 g/mol. The van der Waals surface area contributed by atoms with Crippen molar-refractivity contribution in [2.45, 2.75) is 83.6 Å². The smallest absolute Gasteiger partial charge is 0.411 e. The average Bonchev–Trinajstić information content (AvgIpc) is 3.39. The molecule has 2 amide bonds. The summed E-state index contributed by atoms with van der Waals surface area (Å²) in [4.78, 5) is 54.6. The Labute approximate surface area is 289 Å². The third-order valence-electron chi connectivity index (χ3n) is 8.77. The number of carbonyl (C=O) groups is 4. The van der Waals surface area contributed by atoms with Crippen molar-refractivity contribution >= 4 is 23.8 Å². The van der Waals surface area contributed by atoms with Crippen molar-refractivity contribution in [2.75, 3.05) is 65.7 Å². The fourth-order valence-corrected chi connectivity index (χ4v) is 6.81. The van der Waals surface area contributed by atoms with Crippen molar-refractivity contribution in [1.82, 2.24) is 20.0 Å². The number of nitrogens with zero attached hydrogens (tertiary/aromatic N) is 3. The van der Waals surface area contributed by atoms with Gasteiger partial charge in [0.25, 0.3) is 0 Å². The third-order valence-corrected chi connectivity index (χ3v) is 8.77. The molecule has 1 aromatic carbocycles. The van der Waals surface area contributed by atoms with E-state index < -0.39 is 66.4 Å². The lowest BCUT2D eigenvalue weighted by atomic mass is 9.98. The van der Waals surface area contributed by atoms with Crippen molar-refractivity contribution in [1.29, 1.82) is 0 Å². The molecule has 6 atom stereocenters. The second-order valence-electron chi connectivity index (χ2n) is 15.0. The molecule has 14 nitrogen and oxygen atoms in total. The zero-order valence-corrected chi connectivity index (χ0v) is 29.6. The van der Waals surface area contributed by atoms with Gasteiger partial charge in [-0.1, -0.05) is 30.3 Å². The summed E-state index contributed by atoms with van der Waals surface area (Å²) < 4.78 is 22.6. The molecule has 0 bridgehead atoms. The molecule has 274 valence electrons. The Hall–Kier alpha value is -3.14. The second-order valence-corrected chi connectivity index (χ2v) is 15.0. The molecule has 1 aromatic rings. The number of amides is 2. The number of Topliss-reactive ketones (excluding diaryl/α,β-unsaturated/α-hetero) is 2. The van der Waals surface area contributed by atoms with E-state index in [1.807, 2.05) is 18.2 Å². The molecule has 4 saturated heterocycles. The lowest BCUT2D eigenvalue weighted by molar-refractivity contribution is -0.130. The van der Waals surface area contributed by atoms with E-state index in [0.29, 0.717) is 39.4 Å². The highest BCUT2D eigenvalue weighted by Crippen LogP contribution is 2.32. The van der Waals surface area contributed by atoms with E-state index in [2.05, 4.69) is 22.3 Å². The fraction of sp³-hybridized carbons (Fsp3) is 0.714. The first-order valence-corrected chi connectivity index (χ1v) is 17.1. The van der Waals surface area contributed by atoms with E-state index in [1.54, 1.807) is 41.5 Å². The summed E-state index contributed by atoms with van der Waals surface area (Å²) in [6.45, 7) is 14.9. The number of benzene rings is 1. The maximum Gasteiger partial charge on any atom is 0.411 e. The molecule has 0 aromatic heterocycles. The quantitative estimate of drug-likeness (QED) is 0.394. The molecule has 14 heteroatoms. The van der Waals surface area contributed by atoms with Crippen molar-refractivity contribution < 1.29 is 48.3 Å². The van der Waals surface area contributed by atoms with Crippen LogP contribution in [0.4, 0.5) is 9.59 Å². The number of likely N-dealkylation sites (tertiary alicyclic amines) is 2. The second kappa shape index (κ2) is 16.7. The van der Waals surface area contributed by atoms with Crippen LogP contribution in [-0.2, 0) is 35.1 Å². The number of nitrogens with one attached hydrogen (secondary N) is 1. The molecule has 0 spiro atoms. The van der Waals surface area contributed by atoms with Crippen LogP contribution in [0.5, 0.6) is 0 Å². The zero-order chi connectivity index (χ0) is 35.9. The number of rotatable bonds is 6. The molecule has 0 aliphatic carbocycles. The molecule has 5 rings (SSSR count). The van der Waals surface area contributed by atoms with Crippen LogP contribution in [0, 0.1) is 11.8 Å². The molecule has 4 aliphatic heterocycles. The first-order chi connectivity index (χ1) is 23.1. The van der Waals surface area contributed by atoms with Crippen molar-refractivity contribution in [3.63, 3.8) is 0 Å². The molecule has 3 N–H and O–H groups in total. The number of aliphatic hydroxyl groups is 2. The Kier molecular flexibility index (Phi) is 13.2. The molecule has 0 saturated carbocycles. The van der Waals surface area contributed by atoms with Gasteiger partial charge >= 0.3 is 12.2 Å². The lowest BCUT2D eigenvalue weighted by Crippen LogP contribution is -2.48. The number of aliphatic hydroxyl groups excluding tert-OH is 2. The van der Waals surface area contributed by atoms with E-state index in [1.165, 1.54) is 15.4 Å². The van der Waals surface area contributed by atoms with E-state index in [0.717, 1.165) is 19.6 Å². The predicted molar refractivity (Wildman–Crippen MR) is 179 cm³/mol. The summed E-state index contributed by atoms with van der Waals surface area (Å²) in [6, 6.07) is 8.62. The van der Waals surface area contributed by atoms with Gasteiger partial charge in [0.2, 0.25) is 0 Å². The Morgan fingerprint density at radius 3 is 1.82 bits per heavy atom. The minimum atomic E-state index is -0.804. The van der Waals surface area contributed by atoms with Crippen molar-refractivity contribution in [2.24, 2.45) is 11.8 Å². The van der Waals surface area contributed by atoms with Crippen molar-refractivity contribution in [3.05, 3.63) is 35.9 Å². The highest BCUT2D eigenvalue weighted by Gasteiger charge is 2.51. The molecule has 0 radical (unpaired) electrons. The number of hydrogen-bond acceptors (Lipinski definition) is 12. The topological polar surface area (TPSA) is 167 Å². The van der Waals surface area contributed by atoms with Crippen LogP contribution in [0.15, 0.2) is 30.3 Å². The zero-order valence-electron chi connectivity index (χ0n) is 29.6. The molecule has 4 heterocycles. The highest BCUT2D eigenvalue weighted by molar-refractivity contribution is 5.90. The van der Waals surface area contributed by atoms with Crippen LogP contribution in [0.1, 0.15) is 47.1 Å². The summed E-state index contributed by atoms with van der Waals surface area (Å²) in [6.07, 6.45) is -1.88. The van der Waals surface area contributed by atoms with Crippen LogP contribution in [0.3, 0.4) is 0 Å². The first-order valence-electron chi connectivity index (χ1n) is 17.1. The van der Waals surface area contributed by atoms with E-state index >= 15 is 0 Å². The van der Waals surface area contributed by atoms with Crippen LogP contribution < -0.4 is 5.32 Å². The summed E-state index contributed by atoms with van der Waals surface area (Å²) in [5.74, 6) is -0.801. The minimum absolute atomic E-state index is 0.0146. The molecule has 0 unspecified atom stereocenters. The third kappa shape index (κ3) is 10.4. The van der Waals surface area contributed by atoms with Gasteiger partial charge in [0.05, 0.1) is 25.4 Å². The number of ketones is 2. The van der Waals surface area contributed by atoms with Crippen molar-refractivity contribution in [3.8, 4) is 0 Å².